The zero-order valence-electron chi connectivity index (χ0n) is 12.2. The number of carboxylic acids is 1. The summed E-state index contributed by atoms with van der Waals surface area (Å²) in [6.07, 6.45) is 0.0573. The van der Waals surface area contributed by atoms with Gasteiger partial charge in [-0.2, -0.15) is 0 Å². The third-order valence-corrected chi connectivity index (χ3v) is 3.21. The molecule has 0 saturated heterocycles. The monoisotopic (exact) mass is 285 g/mol. The summed E-state index contributed by atoms with van der Waals surface area (Å²) in [5.41, 5.74) is 0.927. The number of ether oxygens (including phenoxy) is 1. The van der Waals surface area contributed by atoms with Gasteiger partial charge in [-0.1, -0.05) is 30.3 Å². The fourth-order valence-electron chi connectivity index (χ4n) is 2.17. The first-order valence-corrected chi connectivity index (χ1v) is 6.77. The maximum atomic E-state index is 11.0. The highest BCUT2D eigenvalue weighted by Gasteiger charge is 2.18. The molecule has 0 fully saturated rings. The Morgan fingerprint density at radius 2 is 1.76 bits per heavy atom. The topological polar surface area (TPSA) is 49.8 Å². The van der Waals surface area contributed by atoms with Crippen LogP contribution in [-0.4, -0.2) is 30.1 Å². The van der Waals surface area contributed by atoms with E-state index in [1.165, 1.54) is 0 Å². The molecule has 0 radical (unpaired) electrons. The van der Waals surface area contributed by atoms with Gasteiger partial charge in [-0.05, 0) is 43.9 Å². The van der Waals surface area contributed by atoms with Crippen molar-refractivity contribution < 1.29 is 14.6 Å². The molecule has 2 aromatic carbocycles. The van der Waals surface area contributed by atoms with Gasteiger partial charge in [-0.3, -0.25) is 4.79 Å². The smallest absolute Gasteiger partial charge is 0.305 e. The maximum absolute atomic E-state index is 11.0. The number of hydrogen-bond acceptors (Lipinski definition) is 3. The molecule has 0 amide bonds. The SMILES string of the molecule is CN(C)C(CC(=O)O)c1cccc(Oc2ccccc2)c1. The number of benzene rings is 2. The Morgan fingerprint density at radius 3 is 2.38 bits per heavy atom. The number of aliphatic carboxylic acids is 1. The molecule has 0 bridgehead atoms. The van der Waals surface area contributed by atoms with E-state index < -0.39 is 5.97 Å². The molecule has 1 atom stereocenters. The summed E-state index contributed by atoms with van der Waals surface area (Å²) in [7, 11) is 3.75. The molecule has 2 rings (SSSR count). The van der Waals surface area contributed by atoms with E-state index in [4.69, 9.17) is 9.84 Å². The minimum Gasteiger partial charge on any atom is -0.481 e. The minimum atomic E-state index is -0.817. The number of para-hydroxylation sites is 1. The van der Waals surface area contributed by atoms with E-state index in [0.29, 0.717) is 5.75 Å². The Kier molecular flexibility index (Phi) is 4.95. The Labute approximate surface area is 124 Å². The van der Waals surface area contributed by atoms with E-state index in [-0.39, 0.29) is 12.5 Å². The molecule has 0 aliphatic rings. The van der Waals surface area contributed by atoms with E-state index in [1.807, 2.05) is 73.6 Å². The lowest BCUT2D eigenvalue weighted by Crippen LogP contribution is -2.22. The highest BCUT2D eigenvalue weighted by Crippen LogP contribution is 2.28. The highest BCUT2D eigenvalue weighted by molar-refractivity contribution is 5.68. The van der Waals surface area contributed by atoms with Gasteiger partial charge in [-0.25, -0.2) is 0 Å². The lowest BCUT2D eigenvalue weighted by molar-refractivity contribution is -0.138. The molecule has 0 aliphatic heterocycles. The average Bonchev–Trinajstić information content (AvgIpc) is 2.45. The largest absolute Gasteiger partial charge is 0.481 e. The fraction of sp³-hybridized carbons (Fsp3) is 0.235. The van der Waals surface area contributed by atoms with Crippen LogP contribution >= 0.6 is 0 Å². The van der Waals surface area contributed by atoms with Crippen LogP contribution < -0.4 is 4.74 Å². The van der Waals surface area contributed by atoms with Crippen LogP contribution in [0.4, 0.5) is 0 Å². The van der Waals surface area contributed by atoms with Gasteiger partial charge in [0.2, 0.25) is 0 Å². The summed E-state index contributed by atoms with van der Waals surface area (Å²) in [6.45, 7) is 0. The minimum absolute atomic E-state index is 0.0573. The highest BCUT2D eigenvalue weighted by atomic mass is 16.5. The zero-order valence-corrected chi connectivity index (χ0v) is 12.2. The first kappa shape index (κ1) is 15.1. The first-order chi connectivity index (χ1) is 10.1. The third kappa shape index (κ3) is 4.33. The summed E-state index contributed by atoms with van der Waals surface area (Å²) < 4.78 is 5.79. The van der Waals surface area contributed by atoms with Crippen LogP contribution in [0.3, 0.4) is 0 Å². The molecule has 0 aliphatic carbocycles. The van der Waals surface area contributed by atoms with Crippen molar-refractivity contribution in [2.45, 2.75) is 12.5 Å². The van der Waals surface area contributed by atoms with Crippen molar-refractivity contribution >= 4 is 5.97 Å². The molecule has 1 N–H and O–H groups in total. The van der Waals surface area contributed by atoms with Crippen molar-refractivity contribution in [2.24, 2.45) is 0 Å². The van der Waals surface area contributed by atoms with Crippen LogP contribution in [0.15, 0.2) is 54.6 Å². The summed E-state index contributed by atoms with van der Waals surface area (Å²) in [5.74, 6) is 0.647. The van der Waals surface area contributed by atoms with Gasteiger partial charge >= 0.3 is 5.97 Å². The van der Waals surface area contributed by atoms with Gasteiger partial charge < -0.3 is 14.7 Å². The molecular weight excluding hydrogens is 266 g/mol. The second-order valence-electron chi connectivity index (χ2n) is 5.06. The fourth-order valence-corrected chi connectivity index (χ4v) is 2.17. The van der Waals surface area contributed by atoms with Crippen molar-refractivity contribution in [1.29, 1.82) is 0 Å². The number of rotatable bonds is 6. The first-order valence-electron chi connectivity index (χ1n) is 6.77. The van der Waals surface area contributed by atoms with Crippen LogP contribution in [0.25, 0.3) is 0 Å². The number of nitrogens with zero attached hydrogens (tertiary/aromatic N) is 1. The summed E-state index contributed by atoms with van der Waals surface area (Å²) in [6, 6.07) is 16.9. The molecular formula is C17H19NO3. The molecule has 0 saturated carbocycles. The van der Waals surface area contributed by atoms with Crippen molar-refractivity contribution in [2.75, 3.05) is 14.1 Å². The zero-order chi connectivity index (χ0) is 15.2. The molecule has 0 heterocycles. The van der Waals surface area contributed by atoms with E-state index in [2.05, 4.69) is 0 Å². The van der Waals surface area contributed by atoms with Crippen LogP contribution in [-0.2, 0) is 4.79 Å². The molecule has 4 nitrogen and oxygen atoms in total. The lowest BCUT2D eigenvalue weighted by Gasteiger charge is -2.23. The third-order valence-electron chi connectivity index (χ3n) is 3.21. The predicted octanol–water partition coefficient (Wildman–Crippen LogP) is 3.56. The predicted molar refractivity (Wildman–Crippen MR) is 81.6 cm³/mol. The van der Waals surface area contributed by atoms with Crippen molar-refractivity contribution in [1.82, 2.24) is 4.90 Å². The van der Waals surface area contributed by atoms with Gasteiger partial charge in [0.05, 0.1) is 6.42 Å². The molecule has 21 heavy (non-hydrogen) atoms. The Morgan fingerprint density at radius 1 is 1.10 bits per heavy atom. The van der Waals surface area contributed by atoms with Crippen LogP contribution in [0.2, 0.25) is 0 Å². The summed E-state index contributed by atoms with van der Waals surface area (Å²) >= 11 is 0. The van der Waals surface area contributed by atoms with E-state index in [9.17, 15) is 4.79 Å². The Bertz CT molecular complexity index is 596. The second kappa shape index (κ2) is 6.90. The van der Waals surface area contributed by atoms with E-state index in [0.717, 1.165) is 11.3 Å². The normalized spacial score (nSPS) is 12.1. The van der Waals surface area contributed by atoms with Gasteiger partial charge in [0.25, 0.3) is 0 Å². The van der Waals surface area contributed by atoms with Crippen molar-refractivity contribution in [3.05, 3.63) is 60.2 Å². The van der Waals surface area contributed by atoms with Gasteiger partial charge in [0, 0.05) is 6.04 Å². The average molecular weight is 285 g/mol. The second-order valence-corrected chi connectivity index (χ2v) is 5.06. The number of hydrogen-bond donors (Lipinski definition) is 1. The number of carboxylic acid groups (broad SMARTS) is 1. The van der Waals surface area contributed by atoms with Crippen molar-refractivity contribution in [3.63, 3.8) is 0 Å². The molecule has 1 unspecified atom stereocenters. The number of carbonyl (C=O) groups is 1. The summed E-state index contributed by atoms with van der Waals surface area (Å²) in [5, 5.41) is 9.04. The lowest BCUT2D eigenvalue weighted by atomic mass is 10.0. The summed E-state index contributed by atoms with van der Waals surface area (Å²) in [4.78, 5) is 12.9. The molecule has 110 valence electrons. The Hall–Kier alpha value is -2.33. The van der Waals surface area contributed by atoms with Crippen LogP contribution in [0, 0.1) is 0 Å². The van der Waals surface area contributed by atoms with Gasteiger partial charge in [0.15, 0.2) is 0 Å². The van der Waals surface area contributed by atoms with Crippen molar-refractivity contribution in [3.8, 4) is 11.5 Å². The van der Waals surface area contributed by atoms with Gasteiger partial charge in [0.1, 0.15) is 11.5 Å². The van der Waals surface area contributed by atoms with Crippen LogP contribution in [0.1, 0.15) is 18.0 Å². The standard InChI is InChI=1S/C17H19NO3/c1-18(2)16(12-17(19)20)13-7-6-10-15(11-13)21-14-8-4-3-5-9-14/h3-11,16H,12H2,1-2H3,(H,19,20). The molecule has 0 aromatic heterocycles. The van der Waals surface area contributed by atoms with Crippen LogP contribution in [0.5, 0.6) is 11.5 Å². The quantitative estimate of drug-likeness (QED) is 0.881. The molecule has 2 aromatic rings. The molecule has 4 heteroatoms. The van der Waals surface area contributed by atoms with E-state index in [1.54, 1.807) is 0 Å². The maximum Gasteiger partial charge on any atom is 0.305 e. The van der Waals surface area contributed by atoms with E-state index >= 15 is 0 Å². The van der Waals surface area contributed by atoms with Gasteiger partial charge in [-0.15, -0.1) is 0 Å². The molecule has 0 spiro atoms. The Balaban J connectivity index is 2.21.